The Morgan fingerprint density at radius 2 is 2.10 bits per heavy atom. The number of carboxylic acid groups (broad SMARTS) is 1. The Balaban J connectivity index is 2.45. The fourth-order valence-corrected chi connectivity index (χ4v) is 2.73. The quantitative estimate of drug-likeness (QED) is 0.657. The topological polar surface area (TPSA) is 92.4 Å². The molecule has 0 radical (unpaired) electrons. The lowest BCUT2D eigenvalue weighted by Gasteiger charge is -2.11. The molecule has 21 heavy (non-hydrogen) atoms. The summed E-state index contributed by atoms with van der Waals surface area (Å²) in [4.78, 5) is 22.3. The first-order valence-electron chi connectivity index (χ1n) is 6.13. The Morgan fingerprint density at radius 1 is 1.43 bits per heavy atom. The smallest absolute Gasteiger partial charge is 0.320 e. The van der Waals surface area contributed by atoms with Crippen molar-refractivity contribution in [2.45, 2.75) is 19.4 Å². The lowest BCUT2D eigenvalue weighted by Crippen LogP contribution is -2.30. The zero-order chi connectivity index (χ0) is 16.0. The third-order valence-electron chi connectivity index (χ3n) is 2.67. The number of aliphatic carboxylic acids is 1. The van der Waals surface area contributed by atoms with Crippen molar-refractivity contribution in [2.75, 3.05) is 16.8 Å². The summed E-state index contributed by atoms with van der Waals surface area (Å²) in [6.45, 7) is 1.82. The van der Waals surface area contributed by atoms with E-state index in [1.54, 1.807) is 12.1 Å². The highest BCUT2D eigenvalue weighted by Gasteiger charge is 2.13. The molecule has 116 valence electrons. The summed E-state index contributed by atoms with van der Waals surface area (Å²) in [5, 5.41) is 12.1. The highest BCUT2D eigenvalue weighted by atomic mass is 35.5. The highest BCUT2D eigenvalue weighted by Crippen LogP contribution is 2.32. The van der Waals surface area contributed by atoms with Crippen LogP contribution in [-0.2, 0) is 9.59 Å². The molecule has 8 heteroatoms. The molecule has 0 saturated heterocycles. The molecule has 5 nitrogen and oxygen atoms in total. The fourth-order valence-electron chi connectivity index (χ4n) is 1.45. The van der Waals surface area contributed by atoms with E-state index in [2.05, 4.69) is 5.32 Å². The van der Waals surface area contributed by atoms with Crippen molar-refractivity contribution in [3.8, 4) is 0 Å². The monoisotopic (exact) mass is 350 g/mol. The van der Waals surface area contributed by atoms with Crippen molar-refractivity contribution in [3.05, 3.63) is 27.7 Å². The normalized spacial score (nSPS) is 12.0. The molecule has 1 aromatic rings. The summed E-state index contributed by atoms with van der Waals surface area (Å²) in [5.41, 5.74) is 6.58. The molecule has 0 aliphatic carbocycles. The van der Waals surface area contributed by atoms with Crippen LogP contribution in [0, 0.1) is 6.92 Å². The van der Waals surface area contributed by atoms with Gasteiger partial charge in [-0.2, -0.15) is 11.8 Å². The van der Waals surface area contributed by atoms with Crippen LogP contribution in [0.1, 0.15) is 12.0 Å². The van der Waals surface area contributed by atoms with E-state index in [1.165, 1.54) is 11.8 Å². The number of carbonyl (C=O) groups excluding carboxylic acids is 1. The van der Waals surface area contributed by atoms with E-state index in [1.807, 2.05) is 6.92 Å². The molecule has 0 spiro atoms. The Labute approximate surface area is 137 Å². The number of rotatable bonds is 7. The molecule has 0 saturated carbocycles. The van der Waals surface area contributed by atoms with E-state index in [0.29, 0.717) is 27.9 Å². The number of carbonyl (C=O) groups is 2. The van der Waals surface area contributed by atoms with Gasteiger partial charge in [0.1, 0.15) is 6.04 Å². The van der Waals surface area contributed by atoms with Crippen molar-refractivity contribution in [2.24, 2.45) is 5.73 Å². The van der Waals surface area contributed by atoms with Gasteiger partial charge in [0.05, 0.1) is 21.5 Å². The minimum Gasteiger partial charge on any atom is -0.480 e. The maximum absolute atomic E-state index is 11.8. The summed E-state index contributed by atoms with van der Waals surface area (Å²) in [6, 6.07) is 2.53. The number of hydrogen-bond acceptors (Lipinski definition) is 4. The van der Waals surface area contributed by atoms with Crippen molar-refractivity contribution in [3.63, 3.8) is 0 Å². The summed E-state index contributed by atoms with van der Waals surface area (Å²) in [6.07, 6.45) is 0.305. The van der Waals surface area contributed by atoms with Gasteiger partial charge in [-0.3, -0.25) is 9.59 Å². The van der Waals surface area contributed by atoms with Gasteiger partial charge in [0.25, 0.3) is 0 Å². The Morgan fingerprint density at radius 3 is 2.71 bits per heavy atom. The molecule has 0 aliphatic heterocycles. The zero-order valence-electron chi connectivity index (χ0n) is 11.4. The number of halogens is 2. The molecule has 1 atom stereocenters. The van der Waals surface area contributed by atoms with Gasteiger partial charge in [-0.15, -0.1) is 0 Å². The number of anilines is 1. The fraction of sp³-hybridized carbons (Fsp3) is 0.385. The highest BCUT2D eigenvalue weighted by molar-refractivity contribution is 7.99. The van der Waals surface area contributed by atoms with Crippen LogP contribution in [-0.4, -0.2) is 34.5 Å². The Hall–Kier alpha value is -0.950. The first kappa shape index (κ1) is 18.1. The van der Waals surface area contributed by atoms with Crippen LogP contribution in [0.5, 0.6) is 0 Å². The molecule has 1 aromatic carbocycles. The number of hydrogen-bond donors (Lipinski definition) is 3. The third kappa shape index (κ3) is 5.74. The molecular weight excluding hydrogens is 335 g/mol. The van der Waals surface area contributed by atoms with Crippen LogP contribution >= 0.6 is 35.0 Å². The standard InChI is InChI=1S/C13H16Cl2N2O3S/c1-7-2-3-8(14)12(11(7)15)17-10(18)6-21-5-4-9(16)13(19)20/h2-3,9H,4-6,16H2,1H3,(H,17,18)(H,19,20). The van der Waals surface area contributed by atoms with Crippen LogP contribution < -0.4 is 11.1 Å². The summed E-state index contributed by atoms with van der Waals surface area (Å²) >= 11 is 13.4. The second-order valence-electron chi connectivity index (χ2n) is 4.39. The minimum absolute atomic E-state index is 0.174. The van der Waals surface area contributed by atoms with Crippen LogP contribution in [0.15, 0.2) is 12.1 Å². The third-order valence-corrected chi connectivity index (χ3v) is 4.46. The van der Waals surface area contributed by atoms with Crippen LogP contribution in [0.25, 0.3) is 0 Å². The van der Waals surface area contributed by atoms with Crippen molar-refractivity contribution >= 4 is 52.5 Å². The number of benzene rings is 1. The van der Waals surface area contributed by atoms with Crippen molar-refractivity contribution < 1.29 is 14.7 Å². The lowest BCUT2D eigenvalue weighted by atomic mass is 10.2. The molecule has 0 heterocycles. The number of nitrogens with two attached hydrogens (primary N) is 1. The van der Waals surface area contributed by atoms with E-state index < -0.39 is 12.0 Å². The van der Waals surface area contributed by atoms with Gasteiger partial charge in [-0.25, -0.2) is 0 Å². The summed E-state index contributed by atoms with van der Waals surface area (Å²) < 4.78 is 0. The van der Waals surface area contributed by atoms with E-state index in [0.717, 1.165) is 5.56 Å². The van der Waals surface area contributed by atoms with Crippen LogP contribution in [0.2, 0.25) is 10.0 Å². The predicted molar refractivity (Wildman–Crippen MR) is 87.4 cm³/mol. The summed E-state index contributed by atoms with van der Waals surface area (Å²) in [5.74, 6) is -0.639. The second kappa shape index (κ2) is 8.48. The Kier molecular flexibility index (Phi) is 7.31. The number of thioether (sulfide) groups is 1. The van der Waals surface area contributed by atoms with Gasteiger partial charge in [-0.05, 0) is 30.7 Å². The van der Waals surface area contributed by atoms with Gasteiger partial charge in [-0.1, -0.05) is 29.3 Å². The van der Waals surface area contributed by atoms with Gasteiger partial charge in [0.2, 0.25) is 5.91 Å². The molecule has 0 fully saturated rings. The van der Waals surface area contributed by atoms with Crippen molar-refractivity contribution in [1.29, 1.82) is 0 Å². The van der Waals surface area contributed by atoms with E-state index in [9.17, 15) is 9.59 Å². The second-order valence-corrected chi connectivity index (χ2v) is 6.28. The Bertz CT molecular complexity index is 540. The maximum Gasteiger partial charge on any atom is 0.320 e. The molecule has 0 aromatic heterocycles. The molecule has 4 N–H and O–H groups in total. The maximum atomic E-state index is 11.8. The van der Waals surface area contributed by atoms with Crippen molar-refractivity contribution in [1.82, 2.24) is 0 Å². The van der Waals surface area contributed by atoms with E-state index >= 15 is 0 Å². The summed E-state index contributed by atoms with van der Waals surface area (Å²) in [7, 11) is 0. The van der Waals surface area contributed by atoms with E-state index in [4.69, 9.17) is 34.0 Å². The number of amides is 1. The zero-order valence-corrected chi connectivity index (χ0v) is 13.7. The number of carboxylic acids is 1. The van der Waals surface area contributed by atoms with Gasteiger partial charge < -0.3 is 16.2 Å². The van der Waals surface area contributed by atoms with Crippen LogP contribution in [0.3, 0.4) is 0 Å². The molecule has 1 unspecified atom stereocenters. The van der Waals surface area contributed by atoms with Gasteiger partial charge >= 0.3 is 5.97 Å². The SMILES string of the molecule is Cc1ccc(Cl)c(NC(=O)CSCCC(N)C(=O)O)c1Cl. The first-order valence-corrected chi connectivity index (χ1v) is 8.04. The minimum atomic E-state index is -1.04. The first-order chi connectivity index (χ1) is 9.82. The molecule has 0 aliphatic rings. The molecule has 1 rings (SSSR count). The largest absolute Gasteiger partial charge is 0.480 e. The van der Waals surface area contributed by atoms with Gasteiger partial charge in [0, 0.05) is 0 Å². The van der Waals surface area contributed by atoms with Gasteiger partial charge in [0.15, 0.2) is 0 Å². The average Bonchev–Trinajstić information content (AvgIpc) is 2.43. The average molecular weight is 351 g/mol. The number of nitrogens with one attached hydrogen (secondary N) is 1. The predicted octanol–water partition coefficient (Wildman–Crippen LogP) is 2.78. The molecule has 0 bridgehead atoms. The lowest BCUT2D eigenvalue weighted by molar-refractivity contribution is -0.138. The van der Waals surface area contributed by atoms with E-state index in [-0.39, 0.29) is 11.7 Å². The van der Waals surface area contributed by atoms with Crippen LogP contribution in [0.4, 0.5) is 5.69 Å². The molecular formula is C13H16Cl2N2O3S. The molecule has 1 amide bonds. The number of aryl methyl sites for hydroxylation is 1.